The van der Waals surface area contributed by atoms with Crippen LogP contribution in [0.25, 0.3) is 5.57 Å². The average Bonchev–Trinajstić information content (AvgIpc) is 3.18. The van der Waals surface area contributed by atoms with Gasteiger partial charge in [0.2, 0.25) is 5.91 Å². The zero-order valence-corrected chi connectivity index (χ0v) is 13.6. The summed E-state index contributed by atoms with van der Waals surface area (Å²) in [4.78, 5) is 16.6. The fraction of sp³-hybridized carbons (Fsp3) is 0.222. The van der Waals surface area contributed by atoms with Crippen LogP contribution in [-0.4, -0.2) is 17.4 Å². The molecule has 0 fully saturated rings. The van der Waals surface area contributed by atoms with Gasteiger partial charge in [-0.3, -0.25) is 4.79 Å². The lowest BCUT2D eigenvalue weighted by molar-refractivity contribution is -0.117. The molecular weight excluding hydrogens is 311 g/mol. The molecule has 3 rings (SSSR count). The normalized spacial score (nSPS) is 13.7. The number of benzene rings is 1. The Kier molecular flexibility index (Phi) is 4.67. The summed E-state index contributed by atoms with van der Waals surface area (Å²) in [6, 6.07) is 6.63. The van der Waals surface area contributed by atoms with Crippen LogP contribution < -0.4 is 5.32 Å². The van der Waals surface area contributed by atoms with Crippen molar-refractivity contribution >= 4 is 22.8 Å². The van der Waals surface area contributed by atoms with Gasteiger partial charge in [-0.05, 0) is 43.0 Å². The maximum absolute atomic E-state index is 13.5. The van der Waals surface area contributed by atoms with Gasteiger partial charge >= 0.3 is 0 Å². The molecule has 1 amide bonds. The molecule has 1 aliphatic rings. The SMILES string of the molecule is Cc1nc(C2=CCC(C(=O)NCCc3ccccc3F)=C2)cs1. The molecule has 1 N–H and O–H groups in total. The molecule has 1 aromatic heterocycles. The molecule has 0 saturated heterocycles. The van der Waals surface area contributed by atoms with E-state index >= 15 is 0 Å². The van der Waals surface area contributed by atoms with Crippen LogP contribution in [0.2, 0.25) is 0 Å². The van der Waals surface area contributed by atoms with Crippen LogP contribution >= 0.6 is 11.3 Å². The van der Waals surface area contributed by atoms with E-state index in [9.17, 15) is 9.18 Å². The van der Waals surface area contributed by atoms with Crippen LogP contribution in [0.4, 0.5) is 4.39 Å². The third kappa shape index (κ3) is 3.74. The smallest absolute Gasteiger partial charge is 0.247 e. The number of carbonyl (C=O) groups is 1. The van der Waals surface area contributed by atoms with Crippen LogP contribution in [0.1, 0.15) is 22.7 Å². The number of hydrogen-bond donors (Lipinski definition) is 1. The number of thiazole rings is 1. The Morgan fingerprint density at radius 2 is 2.22 bits per heavy atom. The van der Waals surface area contributed by atoms with Crippen molar-refractivity contribution in [2.24, 2.45) is 0 Å². The van der Waals surface area contributed by atoms with E-state index in [4.69, 9.17) is 0 Å². The van der Waals surface area contributed by atoms with Gasteiger partial charge in [0.15, 0.2) is 0 Å². The summed E-state index contributed by atoms with van der Waals surface area (Å²) in [6.07, 6.45) is 4.99. The van der Waals surface area contributed by atoms with Crippen LogP contribution in [0, 0.1) is 12.7 Å². The molecular formula is C18H17FN2OS. The van der Waals surface area contributed by atoms with Crippen LogP contribution in [-0.2, 0) is 11.2 Å². The van der Waals surface area contributed by atoms with E-state index < -0.39 is 0 Å². The van der Waals surface area contributed by atoms with Gasteiger partial charge in [-0.2, -0.15) is 0 Å². The van der Waals surface area contributed by atoms with E-state index in [0.717, 1.165) is 21.8 Å². The Bertz CT molecular complexity index is 792. The summed E-state index contributed by atoms with van der Waals surface area (Å²) in [5.74, 6) is -0.329. The molecule has 0 saturated carbocycles. The molecule has 0 bridgehead atoms. The second kappa shape index (κ2) is 6.87. The summed E-state index contributed by atoms with van der Waals surface area (Å²) in [5.41, 5.74) is 3.25. The molecule has 0 spiro atoms. The zero-order valence-electron chi connectivity index (χ0n) is 12.8. The summed E-state index contributed by atoms with van der Waals surface area (Å²) in [7, 11) is 0. The topological polar surface area (TPSA) is 42.0 Å². The van der Waals surface area contributed by atoms with Crippen molar-refractivity contribution < 1.29 is 9.18 Å². The molecule has 0 aliphatic heterocycles. The van der Waals surface area contributed by atoms with Crippen LogP contribution in [0.3, 0.4) is 0 Å². The van der Waals surface area contributed by atoms with E-state index in [-0.39, 0.29) is 11.7 Å². The van der Waals surface area contributed by atoms with E-state index in [1.807, 2.05) is 24.5 Å². The molecule has 5 heteroatoms. The number of nitrogens with zero attached hydrogens (tertiary/aromatic N) is 1. The van der Waals surface area contributed by atoms with E-state index in [0.29, 0.717) is 24.9 Å². The van der Waals surface area contributed by atoms with E-state index in [2.05, 4.69) is 10.3 Å². The number of aryl methyl sites for hydroxylation is 1. The van der Waals surface area contributed by atoms with E-state index in [1.165, 1.54) is 6.07 Å². The lowest BCUT2D eigenvalue weighted by Gasteiger charge is -2.06. The Hall–Kier alpha value is -2.27. The monoisotopic (exact) mass is 328 g/mol. The second-order valence-corrected chi connectivity index (χ2v) is 6.44. The molecule has 23 heavy (non-hydrogen) atoms. The first-order chi connectivity index (χ1) is 11.1. The summed E-state index contributed by atoms with van der Waals surface area (Å²) < 4.78 is 13.5. The lowest BCUT2D eigenvalue weighted by atomic mass is 10.1. The van der Waals surface area contributed by atoms with Crippen molar-refractivity contribution in [1.29, 1.82) is 0 Å². The highest BCUT2D eigenvalue weighted by molar-refractivity contribution is 7.09. The summed E-state index contributed by atoms with van der Waals surface area (Å²) >= 11 is 1.60. The van der Waals surface area contributed by atoms with Gasteiger partial charge in [-0.25, -0.2) is 9.37 Å². The minimum atomic E-state index is -0.232. The molecule has 118 valence electrons. The second-order valence-electron chi connectivity index (χ2n) is 5.38. The number of carbonyl (C=O) groups excluding carboxylic acids is 1. The lowest BCUT2D eigenvalue weighted by Crippen LogP contribution is -2.26. The number of rotatable bonds is 5. The summed E-state index contributed by atoms with van der Waals surface area (Å²) in [6.45, 7) is 2.38. The van der Waals surface area contributed by atoms with Gasteiger partial charge in [-0.1, -0.05) is 24.3 Å². The Morgan fingerprint density at radius 3 is 2.96 bits per heavy atom. The molecule has 1 aromatic carbocycles. The van der Waals surface area contributed by atoms with Gasteiger partial charge < -0.3 is 5.32 Å². The Morgan fingerprint density at radius 1 is 1.39 bits per heavy atom. The molecule has 0 atom stereocenters. The number of halogens is 1. The Balaban J connectivity index is 1.55. The quantitative estimate of drug-likeness (QED) is 0.910. The van der Waals surface area contributed by atoms with Crippen molar-refractivity contribution in [1.82, 2.24) is 10.3 Å². The molecule has 0 unspecified atom stereocenters. The van der Waals surface area contributed by atoms with E-state index in [1.54, 1.807) is 29.5 Å². The maximum atomic E-state index is 13.5. The fourth-order valence-corrected chi connectivity index (χ4v) is 3.11. The van der Waals surface area contributed by atoms with Gasteiger partial charge in [-0.15, -0.1) is 11.3 Å². The average molecular weight is 328 g/mol. The number of hydrogen-bond acceptors (Lipinski definition) is 3. The van der Waals surface area contributed by atoms with Gasteiger partial charge in [0.1, 0.15) is 5.82 Å². The largest absolute Gasteiger partial charge is 0.352 e. The predicted molar refractivity (Wildman–Crippen MR) is 90.6 cm³/mol. The highest BCUT2D eigenvalue weighted by atomic mass is 32.1. The molecule has 1 heterocycles. The van der Waals surface area contributed by atoms with Crippen molar-refractivity contribution in [3.63, 3.8) is 0 Å². The van der Waals surface area contributed by atoms with Gasteiger partial charge in [0.05, 0.1) is 10.7 Å². The number of aromatic nitrogens is 1. The summed E-state index contributed by atoms with van der Waals surface area (Å²) in [5, 5.41) is 5.86. The highest BCUT2D eigenvalue weighted by Crippen LogP contribution is 2.27. The minimum Gasteiger partial charge on any atom is -0.352 e. The third-order valence-corrected chi connectivity index (χ3v) is 4.49. The predicted octanol–water partition coefficient (Wildman–Crippen LogP) is 3.66. The maximum Gasteiger partial charge on any atom is 0.247 e. The van der Waals surface area contributed by atoms with Crippen molar-refractivity contribution in [2.45, 2.75) is 19.8 Å². The molecule has 3 nitrogen and oxygen atoms in total. The fourth-order valence-electron chi connectivity index (χ4n) is 2.48. The molecule has 1 aliphatic carbocycles. The number of nitrogens with one attached hydrogen (secondary N) is 1. The standard InChI is InChI=1S/C18H17FN2OS/c1-12-21-17(11-23-12)14-6-7-15(10-14)18(22)20-9-8-13-4-2-3-5-16(13)19/h2-6,10-11H,7-9H2,1H3,(H,20,22). The van der Waals surface area contributed by atoms with Crippen molar-refractivity contribution in [3.8, 4) is 0 Å². The molecule has 0 radical (unpaired) electrons. The first kappa shape index (κ1) is 15.6. The highest BCUT2D eigenvalue weighted by Gasteiger charge is 2.16. The zero-order chi connectivity index (χ0) is 16.2. The van der Waals surface area contributed by atoms with Crippen molar-refractivity contribution in [2.75, 3.05) is 6.54 Å². The van der Waals surface area contributed by atoms with Crippen LogP contribution in [0.5, 0.6) is 0 Å². The number of allylic oxidation sites excluding steroid dienone is 3. The van der Waals surface area contributed by atoms with Crippen molar-refractivity contribution in [3.05, 3.63) is 69.5 Å². The minimum absolute atomic E-state index is 0.0976. The first-order valence-corrected chi connectivity index (χ1v) is 8.36. The number of amides is 1. The Labute approximate surface area is 138 Å². The third-order valence-electron chi connectivity index (χ3n) is 3.72. The van der Waals surface area contributed by atoms with Gasteiger partial charge in [0, 0.05) is 17.5 Å². The molecule has 2 aromatic rings. The first-order valence-electron chi connectivity index (χ1n) is 7.48. The van der Waals surface area contributed by atoms with Crippen LogP contribution in [0.15, 0.2) is 47.4 Å². The van der Waals surface area contributed by atoms with Gasteiger partial charge in [0.25, 0.3) is 0 Å².